The molecule has 2 aromatic rings. The van der Waals surface area contributed by atoms with Crippen LogP contribution in [-0.4, -0.2) is 13.0 Å². The molecule has 0 aromatic heterocycles. The van der Waals surface area contributed by atoms with E-state index in [0.717, 1.165) is 11.3 Å². The molecule has 0 aliphatic carbocycles. The minimum Gasteiger partial charge on any atom is -0.399 e. The van der Waals surface area contributed by atoms with Crippen molar-refractivity contribution in [2.45, 2.75) is 6.92 Å². The Kier molecular flexibility index (Phi) is 3.76. The number of benzene rings is 2. The number of halogens is 1. The summed E-state index contributed by atoms with van der Waals surface area (Å²) in [5.41, 5.74) is 8.49. The number of nitrogen functional groups attached to an aromatic ring is 1. The zero-order valence-corrected chi connectivity index (χ0v) is 11.6. The molecule has 19 heavy (non-hydrogen) atoms. The Morgan fingerprint density at radius 2 is 1.79 bits per heavy atom. The Morgan fingerprint density at radius 1 is 1.16 bits per heavy atom. The van der Waals surface area contributed by atoms with Crippen molar-refractivity contribution in [2.75, 3.05) is 17.7 Å². The van der Waals surface area contributed by atoms with Crippen LogP contribution in [-0.2, 0) is 0 Å². The maximum atomic E-state index is 12.4. The van der Waals surface area contributed by atoms with E-state index in [0.29, 0.717) is 16.3 Å². The van der Waals surface area contributed by atoms with Gasteiger partial charge in [-0.15, -0.1) is 0 Å². The van der Waals surface area contributed by atoms with E-state index in [-0.39, 0.29) is 5.91 Å². The molecule has 0 unspecified atom stereocenters. The zero-order chi connectivity index (χ0) is 14.0. The second-order valence-corrected chi connectivity index (χ2v) is 4.78. The van der Waals surface area contributed by atoms with Gasteiger partial charge in [0.05, 0.1) is 0 Å². The zero-order valence-electron chi connectivity index (χ0n) is 10.9. The van der Waals surface area contributed by atoms with Crippen LogP contribution >= 0.6 is 11.6 Å². The lowest BCUT2D eigenvalue weighted by atomic mass is 10.1. The van der Waals surface area contributed by atoms with Crippen molar-refractivity contribution >= 4 is 28.9 Å². The van der Waals surface area contributed by atoms with Crippen LogP contribution in [0.4, 0.5) is 11.4 Å². The van der Waals surface area contributed by atoms with E-state index < -0.39 is 0 Å². The van der Waals surface area contributed by atoms with Crippen molar-refractivity contribution in [3.8, 4) is 0 Å². The molecule has 0 radical (unpaired) electrons. The molecule has 98 valence electrons. The van der Waals surface area contributed by atoms with Gasteiger partial charge in [-0.2, -0.15) is 0 Å². The minimum absolute atomic E-state index is 0.0928. The summed E-state index contributed by atoms with van der Waals surface area (Å²) in [6.45, 7) is 1.84. The van der Waals surface area contributed by atoms with Gasteiger partial charge in [0.15, 0.2) is 0 Å². The second-order valence-electron chi connectivity index (χ2n) is 4.37. The van der Waals surface area contributed by atoms with E-state index in [4.69, 9.17) is 17.3 Å². The summed E-state index contributed by atoms with van der Waals surface area (Å²) in [5.74, 6) is -0.0928. The molecule has 1 amide bonds. The first-order valence-electron chi connectivity index (χ1n) is 5.89. The van der Waals surface area contributed by atoms with Gasteiger partial charge in [-0.1, -0.05) is 17.7 Å². The average molecular weight is 275 g/mol. The molecule has 0 heterocycles. The highest BCUT2D eigenvalue weighted by atomic mass is 35.5. The van der Waals surface area contributed by atoms with Crippen molar-refractivity contribution in [1.82, 2.24) is 0 Å². The van der Waals surface area contributed by atoms with E-state index in [9.17, 15) is 4.79 Å². The van der Waals surface area contributed by atoms with Crippen LogP contribution in [0.1, 0.15) is 15.9 Å². The van der Waals surface area contributed by atoms with Crippen LogP contribution in [0, 0.1) is 6.92 Å². The molecule has 0 atom stereocenters. The minimum atomic E-state index is -0.0928. The second kappa shape index (κ2) is 5.33. The van der Waals surface area contributed by atoms with Gasteiger partial charge in [0.25, 0.3) is 5.91 Å². The van der Waals surface area contributed by atoms with Crippen LogP contribution in [0.5, 0.6) is 0 Å². The van der Waals surface area contributed by atoms with Gasteiger partial charge in [0.1, 0.15) is 0 Å². The Morgan fingerprint density at radius 3 is 2.42 bits per heavy atom. The fourth-order valence-corrected chi connectivity index (χ4v) is 2.01. The van der Waals surface area contributed by atoms with E-state index in [1.54, 1.807) is 42.3 Å². The van der Waals surface area contributed by atoms with Crippen molar-refractivity contribution < 1.29 is 4.79 Å². The lowest BCUT2D eigenvalue weighted by molar-refractivity contribution is 0.0992. The van der Waals surface area contributed by atoms with Crippen molar-refractivity contribution in [3.63, 3.8) is 0 Å². The first-order valence-corrected chi connectivity index (χ1v) is 6.27. The van der Waals surface area contributed by atoms with Crippen LogP contribution in [0.25, 0.3) is 0 Å². The van der Waals surface area contributed by atoms with Crippen LogP contribution < -0.4 is 10.6 Å². The quantitative estimate of drug-likeness (QED) is 0.852. The van der Waals surface area contributed by atoms with Gasteiger partial charge in [0, 0.05) is 29.0 Å². The predicted molar refractivity (Wildman–Crippen MR) is 79.8 cm³/mol. The molecule has 0 saturated heterocycles. The van der Waals surface area contributed by atoms with E-state index >= 15 is 0 Å². The fourth-order valence-electron chi connectivity index (χ4n) is 1.84. The highest BCUT2D eigenvalue weighted by Crippen LogP contribution is 2.22. The molecule has 2 rings (SSSR count). The highest BCUT2D eigenvalue weighted by molar-refractivity contribution is 6.32. The Balaban J connectivity index is 2.33. The Labute approximate surface area is 117 Å². The number of hydrogen-bond acceptors (Lipinski definition) is 2. The van der Waals surface area contributed by atoms with E-state index in [1.807, 2.05) is 19.1 Å². The molecular formula is C15H15ClN2O. The predicted octanol–water partition coefficient (Wildman–Crippen LogP) is 3.51. The summed E-state index contributed by atoms with van der Waals surface area (Å²) >= 11 is 6.04. The maximum absolute atomic E-state index is 12.4. The Bertz CT molecular complexity index is 608. The largest absolute Gasteiger partial charge is 0.399 e. The number of carbonyl (C=O) groups excluding carboxylic acids is 1. The molecule has 0 aliphatic rings. The third-order valence-corrected chi connectivity index (χ3v) is 3.49. The number of rotatable bonds is 2. The average Bonchev–Trinajstić information content (AvgIpc) is 2.41. The number of nitrogens with zero attached hydrogens (tertiary/aromatic N) is 1. The number of anilines is 2. The van der Waals surface area contributed by atoms with Gasteiger partial charge >= 0.3 is 0 Å². The lowest BCUT2D eigenvalue weighted by Gasteiger charge is -2.19. The number of amides is 1. The molecule has 0 fully saturated rings. The van der Waals surface area contributed by atoms with Crippen LogP contribution in [0.3, 0.4) is 0 Å². The maximum Gasteiger partial charge on any atom is 0.258 e. The molecule has 0 aliphatic heterocycles. The van der Waals surface area contributed by atoms with Crippen molar-refractivity contribution in [1.29, 1.82) is 0 Å². The molecular weight excluding hydrogens is 260 g/mol. The third kappa shape index (κ3) is 2.71. The standard InChI is InChI=1S/C15H15ClN2O/c1-10-13(4-3-5-14(10)16)15(19)18(2)12-8-6-11(17)7-9-12/h3-9H,17H2,1-2H3. The molecule has 2 aromatic carbocycles. The molecule has 0 saturated carbocycles. The van der Waals surface area contributed by atoms with Gasteiger partial charge in [-0.3, -0.25) is 4.79 Å². The van der Waals surface area contributed by atoms with E-state index in [2.05, 4.69) is 0 Å². The van der Waals surface area contributed by atoms with Crippen molar-refractivity contribution in [3.05, 3.63) is 58.6 Å². The summed E-state index contributed by atoms with van der Waals surface area (Å²) in [6.07, 6.45) is 0. The summed E-state index contributed by atoms with van der Waals surface area (Å²) in [5, 5.41) is 0.594. The first-order chi connectivity index (χ1) is 9.00. The van der Waals surface area contributed by atoms with Crippen LogP contribution in [0.2, 0.25) is 5.02 Å². The molecule has 0 bridgehead atoms. The topological polar surface area (TPSA) is 46.3 Å². The summed E-state index contributed by atoms with van der Waals surface area (Å²) in [6, 6.07) is 12.5. The van der Waals surface area contributed by atoms with Gasteiger partial charge in [-0.05, 0) is 48.9 Å². The number of hydrogen-bond donors (Lipinski definition) is 1. The molecule has 4 heteroatoms. The van der Waals surface area contributed by atoms with Crippen molar-refractivity contribution in [2.24, 2.45) is 0 Å². The SMILES string of the molecule is Cc1c(Cl)cccc1C(=O)N(C)c1ccc(N)cc1. The first kappa shape index (κ1) is 13.4. The lowest BCUT2D eigenvalue weighted by Crippen LogP contribution is -2.26. The number of carbonyl (C=O) groups is 1. The van der Waals surface area contributed by atoms with Gasteiger partial charge in [-0.25, -0.2) is 0 Å². The monoisotopic (exact) mass is 274 g/mol. The summed E-state index contributed by atoms with van der Waals surface area (Å²) in [7, 11) is 1.73. The smallest absolute Gasteiger partial charge is 0.258 e. The van der Waals surface area contributed by atoms with Gasteiger partial charge < -0.3 is 10.6 Å². The van der Waals surface area contributed by atoms with E-state index in [1.165, 1.54) is 0 Å². The summed E-state index contributed by atoms with van der Waals surface area (Å²) < 4.78 is 0. The molecule has 0 spiro atoms. The fraction of sp³-hybridized carbons (Fsp3) is 0.133. The summed E-state index contributed by atoms with van der Waals surface area (Å²) in [4.78, 5) is 14.0. The van der Waals surface area contributed by atoms with Crippen LogP contribution in [0.15, 0.2) is 42.5 Å². The number of nitrogens with two attached hydrogens (primary N) is 1. The normalized spacial score (nSPS) is 10.3. The molecule has 3 nitrogen and oxygen atoms in total. The third-order valence-electron chi connectivity index (χ3n) is 3.08. The Hall–Kier alpha value is -2.00. The van der Waals surface area contributed by atoms with Gasteiger partial charge in [0.2, 0.25) is 0 Å². The molecule has 2 N–H and O–H groups in total. The highest BCUT2D eigenvalue weighted by Gasteiger charge is 2.16.